The number of aliphatic carboxylic acids is 1. The van der Waals surface area contributed by atoms with Gasteiger partial charge in [-0.3, -0.25) is 4.79 Å². The van der Waals surface area contributed by atoms with Gasteiger partial charge in [0.15, 0.2) is 11.5 Å². The second-order valence-electron chi connectivity index (χ2n) is 7.48. The van der Waals surface area contributed by atoms with E-state index in [0.717, 1.165) is 18.4 Å². The fourth-order valence-corrected chi connectivity index (χ4v) is 3.55. The number of carboxylic acid groups (broad SMARTS) is 1. The average molecular weight is 418 g/mol. The molecule has 2 N–H and O–H groups in total. The monoisotopic (exact) mass is 418 g/mol. The van der Waals surface area contributed by atoms with E-state index in [1.807, 2.05) is 18.2 Å². The maximum absolute atomic E-state index is 13.0. The largest absolute Gasteiger partial charge is 0.478 e. The van der Waals surface area contributed by atoms with Crippen LogP contribution < -0.4 is 14.8 Å². The summed E-state index contributed by atoms with van der Waals surface area (Å²) >= 11 is 0. The third kappa shape index (κ3) is 3.94. The molecule has 1 aliphatic carbocycles. The number of nitrogens with one attached hydrogen (secondary N) is 1. The van der Waals surface area contributed by atoms with Crippen LogP contribution in [0.4, 0.5) is 5.82 Å². The Bertz CT molecular complexity index is 1110. The quantitative estimate of drug-likeness (QED) is 0.519. The first-order chi connectivity index (χ1) is 14.9. The molecule has 2 heterocycles. The van der Waals surface area contributed by atoms with E-state index in [9.17, 15) is 14.7 Å². The third-order valence-corrected chi connectivity index (χ3v) is 5.55. The number of ether oxygens (including phenoxy) is 2. The number of aromatic nitrogens is 1. The lowest BCUT2D eigenvalue weighted by atomic mass is 9.94. The number of amides is 1. The van der Waals surface area contributed by atoms with Crippen LogP contribution in [0.5, 0.6) is 11.5 Å². The van der Waals surface area contributed by atoms with Crippen molar-refractivity contribution < 1.29 is 24.2 Å². The van der Waals surface area contributed by atoms with E-state index >= 15 is 0 Å². The smallest absolute Gasteiger partial charge is 0.331 e. The summed E-state index contributed by atoms with van der Waals surface area (Å²) in [7, 11) is 0. The highest BCUT2D eigenvalue weighted by atomic mass is 16.7. The minimum absolute atomic E-state index is 0.129. The molecule has 1 saturated carbocycles. The van der Waals surface area contributed by atoms with Crippen LogP contribution in [0.15, 0.2) is 66.9 Å². The van der Waals surface area contributed by atoms with Crippen molar-refractivity contribution in [1.82, 2.24) is 4.98 Å². The first kappa shape index (κ1) is 20.4. The summed E-state index contributed by atoms with van der Waals surface area (Å²) in [4.78, 5) is 28.7. The molecule has 1 fully saturated rings. The number of nitrogens with zero attached hydrogens (tertiary/aromatic N) is 1. The van der Waals surface area contributed by atoms with E-state index in [1.165, 1.54) is 6.92 Å². The zero-order valence-corrected chi connectivity index (χ0v) is 17.1. The van der Waals surface area contributed by atoms with E-state index in [-0.39, 0.29) is 18.3 Å². The van der Waals surface area contributed by atoms with E-state index in [1.54, 1.807) is 36.6 Å². The molecule has 0 unspecified atom stereocenters. The van der Waals surface area contributed by atoms with Gasteiger partial charge in [-0.1, -0.05) is 30.9 Å². The number of fused-ring (bicyclic) bond motifs is 1. The molecule has 7 heteroatoms. The molecule has 1 aromatic carbocycles. The number of anilines is 1. The Labute approximate surface area is 179 Å². The molecule has 1 aliphatic heterocycles. The summed E-state index contributed by atoms with van der Waals surface area (Å²) < 4.78 is 10.8. The van der Waals surface area contributed by atoms with Gasteiger partial charge < -0.3 is 19.9 Å². The zero-order valence-electron chi connectivity index (χ0n) is 17.1. The third-order valence-electron chi connectivity index (χ3n) is 5.55. The summed E-state index contributed by atoms with van der Waals surface area (Å²) in [6.07, 6.45) is 7.94. The van der Waals surface area contributed by atoms with Crippen molar-refractivity contribution >= 4 is 23.3 Å². The first-order valence-electron chi connectivity index (χ1n) is 9.86. The maximum Gasteiger partial charge on any atom is 0.331 e. The van der Waals surface area contributed by atoms with Gasteiger partial charge in [-0.15, -0.1) is 0 Å². The highest BCUT2D eigenvalue weighted by Crippen LogP contribution is 2.51. The molecule has 0 saturated heterocycles. The summed E-state index contributed by atoms with van der Waals surface area (Å²) in [5.41, 5.74) is 1.64. The SMILES string of the molecule is C=C/C=C\C(=C(/C)C(=O)O)c1ccc(NC(=O)C2(c3ccc4c(c3)OCO4)CC2)nc1. The Morgan fingerprint density at radius 2 is 1.97 bits per heavy atom. The van der Waals surface area contributed by atoms with E-state index in [0.29, 0.717) is 28.5 Å². The Morgan fingerprint density at radius 3 is 2.61 bits per heavy atom. The van der Waals surface area contributed by atoms with Crippen molar-refractivity contribution in [3.05, 3.63) is 78.0 Å². The summed E-state index contributed by atoms with van der Waals surface area (Å²) in [5, 5.41) is 12.2. The lowest BCUT2D eigenvalue weighted by molar-refractivity contribution is -0.132. The van der Waals surface area contributed by atoms with Crippen LogP contribution in [0.25, 0.3) is 5.57 Å². The zero-order chi connectivity index (χ0) is 22.0. The summed E-state index contributed by atoms with van der Waals surface area (Å²) in [6.45, 7) is 5.33. The van der Waals surface area contributed by atoms with Crippen LogP contribution in [0.2, 0.25) is 0 Å². The predicted octanol–water partition coefficient (Wildman–Crippen LogP) is 4.08. The fourth-order valence-electron chi connectivity index (χ4n) is 3.55. The van der Waals surface area contributed by atoms with E-state index < -0.39 is 11.4 Å². The van der Waals surface area contributed by atoms with Crippen LogP contribution in [-0.2, 0) is 15.0 Å². The minimum atomic E-state index is -1.01. The number of allylic oxidation sites excluding steroid dienone is 4. The molecule has 158 valence electrons. The van der Waals surface area contributed by atoms with Crippen molar-refractivity contribution in [1.29, 1.82) is 0 Å². The Balaban J connectivity index is 1.53. The van der Waals surface area contributed by atoms with Gasteiger partial charge in [0.1, 0.15) is 5.82 Å². The molecule has 0 atom stereocenters. The molecule has 2 aliphatic rings. The minimum Gasteiger partial charge on any atom is -0.478 e. The number of carbonyl (C=O) groups is 2. The van der Waals surface area contributed by atoms with Gasteiger partial charge in [-0.25, -0.2) is 9.78 Å². The molecule has 2 aromatic rings. The topological polar surface area (TPSA) is 97.8 Å². The first-order valence-corrected chi connectivity index (χ1v) is 9.86. The molecule has 1 aromatic heterocycles. The van der Waals surface area contributed by atoms with Crippen LogP contribution in [0.3, 0.4) is 0 Å². The lowest BCUT2D eigenvalue weighted by Crippen LogP contribution is -2.28. The number of benzene rings is 1. The number of pyridine rings is 1. The summed E-state index contributed by atoms with van der Waals surface area (Å²) in [5.74, 6) is 0.597. The molecule has 0 spiro atoms. The summed E-state index contributed by atoms with van der Waals surface area (Å²) in [6, 6.07) is 8.99. The number of carboxylic acids is 1. The normalized spacial score (nSPS) is 16.5. The second kappa shape index (κ2) is 8.10. The van der Waals surface area contributed by atoms with Crippen molar-refractivity contribution in [2.24, 2.45) is 0 Å². The Hall–Kier alpha value is -3.87. The van der Waals surface area contributed by atoms with Crippen molar-refractivity contribution in [3.8, 4) is 11.5 Å². The van der Waals surface area contributed by atoms with Crippen molar-refractivity contribution in [3.63, 3.8) is 0 Å². The van der Waals surface area contributed by atoms with E-state index in [2.05, 4.69) is 16.9 Å². The Morgan fingerprint density at radius 1 is 1.19 bits per heavy atom. The molecule has 0 radical (unpaired) electrons. The maximum atomic E-state index is 13.0. The van der Waals surface area contributed by atoms with Gasteiger partial charge >= 0.3 is 5.97 Å². The number of carbonyl (C=O) groups excluding carboxylic acids is 1. The van der Waals surface area contributed by atoms with Crippen LogP contribution in [0.1, 0.15) is 30.9 Å². The van der Waals surface area contributed by atoms with Crippen LogP contribution in [-0.4, -0.2) is 28.8 Å². The van der Waals surface area contributed by atoms with Crippen LogP contribution >= 0.6 is 0 Å². The van der Waals surface area contributed by atoms with Gasteiger partial charge in [0.25, 0.3) is 0 Å². The standard InChI is InChI=1S/C24H22N2O5/c1-3-4-5-18(15(2)22(27)28)16-6-9-21(25-13-16)26-23(29)24(10-11-24)17-7-8-19-20(12-17)31-14-30-19/h3-9,12-13H,1,10-11,14H2,2H3,(H,27,28)(H,25,26,29)/b5-4-,18-15-. The molecule has 7 nitrogen and oxygen atoms in total. The molecule has 0 bridgehead atoms. The Kier molecular flexibility index (Phi) is 5.33. The van der Waals surface area contributed by atoms with Gasteiger partial charge in [0.05, 0.1) is 5.41 Å². The van der Waals surface area contributed by atoms with Crippen LogP contribution in [0, 0.1) is 0 Å². The fraction of sp³-hybridized carbons (Fsp3) is 0.208. The number of hydrogen-bond acceptors (Lipinski definition) is 5. The molecule has 4 rings (SSSR count). The molecular formula is C24H22N2O5. The highest BCUT2D eigenvalue weighted by molar-refractivity contribution is 6.01. The lowest BCUT2D eigenvalue weighted by Gasteiger charge is -2.16. The number of rotatable bonds is 7. The average Bonchev–Trinajstić information content (AvgIpc) is 3.45. The van der Waals surface area contributed by atoms with Crippen molar-refractivity contribution in [2.75, 3.05) is 12.1 Å². The number of hydrogen-bond donors (Lipinski definition) is 2. The van der Waals surface area contributed by atoms with Gasteiger partial charge in [0.2, 0.25) is 12.7 Å². The van der Waals surface area contributed by atoms with Gasteiger partial charge in [-0.05, 0) is 55.2 Å². The second-order valence-corrected chi connectivity index (χ2v) is 7.48. The molecule has 1 amide bonds. The van der Waals surface area contributed by atoms with Gasteiger partial charge in [0, 0.05) is 17.3 Å². The molecule has 31 heavy (non-hydrogen) atoms. The highest BCUT2D eigenvalue weighted by Gasteiger charge is 2.51. The van der Waals surface area contributed by atoms with Crippen molar-refractivity contribution in [2.45, 2.75) is 25.2 Å². The predicted molar refractivity (Wildman–Crippen MR) is 116 cm³/mol. The van der Waals surface area contributed by atoms with E-state index in [4.69, 9.17) is 9.47 Å². The molecular weight excluding hydrogens is 396 g/mol. The van der Waals surface area contributed by atoms with Gasteiger partial charge in [-0.2, -0.15) is 0 Å².